The Hall–Kier alpha value is -1.68. The number of carbonyl (C=O) groups is 1. The molecule has 0 saturated carbocycles. The van der Waals surface area contributed by atoms with Crippen LogP contribution in [0.5, 0.6) is 5.75 Å². The maximum absolute atomic E-state index is 12.2. The van der Waals surface area contributed by atoms with Gasteiger partial charge in [0.15, 0.2) is 0 Å². The predicted molar refractivity (Wildman–Crippen MR) is 96.3 cm³/mol. The molecule has 6 nitrogen and oxygen atoms in total. The lowest BCUT2D eigenvalue weighted by molar-refractivity contribution is -0.110. The Kier molecular flexibility index (Phi) is 4.28. The number of phenols is 1. The molecule has 3 rings (SSSR count). The summed E-state index contributed by atoms with van der Waals surface area (Å²) in [5, 5.41) is 12.4. The first-order valence-electron chi connectivity index (χ1n) is 6.50. The number of nitrogens with one attached hydrogen (secondary N) is 1. The number of anilines is 1. The largest absolute Gasteiger partial charge is 0.506 e. The van der Waals surface area contributed by atoms with E-state index in [2.05, 4.69) is 37.2 Å². The molecule has 1 heterocycles. The van der Waals surface area contributed by atoms with Crippen LogP contribution in [0.25, 0.3) is 11.6 Å². The van der Waals surface area contributed by atoms with E-state index in [4.69, 9.17) is 0 Å². The quantitative estimate of drug-likeness (QED) is 0.455. The summed E-state index contributed by atoms with van der Waals surface area (Å²) >= 11 is 6.42. The average Bonchev–Trinajstić information content (AvgIpc) is 2.79. The molecule has 0 bridgehead atoms. The Morgan fingerprint density at radius 2 is 1.71 bits per heavy atom. The smallest absolute Gasteiger partial charge is 0.294 e. The fraction of sp³-hybridized carbons (Fsp3) is 0. The first kappa shape index (κ1) is 17.2. The monoisotopic (exact) mass is 473 g/mol. The second kappa shape index (κ2) is 5.99. The minimum Gasteiger partial charge on any atom is -0.506 e. The van der Waals surface area contributed by atoms with Crippen molar-refractivity contribution in [3.63, 3.8) is 0 Å². The molecule has 3 N–H and O–H groups in total. The van der Waals surface area contributed by atoms with E-state index >= 15 is 0 Å². The topological polar surface area (TPSA) is 104 Å². The number of aromatic hydroxyl groups is 1. The predicted octanol–water partition coefficient (Wildman–Crippen LogP) is 3.66. The van der Waals surface area contributed by atoms with Crippen molar-refractivity contribution in [2.45, 2.75) is 4.90 Å². The van der Waals surface area contributed by atoms with Crippen LogP contribution in [-0.4, -0.2) is 24.0 Å². The molecule has 2 aromatic rings. The lowest BCUT2D eigenvalue weighted by atomic mass is 10.0. The highest BCUT2D eigenvalue weighted by atomic mass is 79.9. The van der Waals surface area contributed by atoms with Gasteiger partial charge in [-0.2, -0.15) is 8.42 Å². The molecule has 0 atom stereocenters. The van der Waals surface area contributed by atoms with E-state index < -0.39 is 16.0 Å². The minimum atomic E-state index is -4.37. The number of amides is 1. The van der Waals surface area contributed by atoms with E-state index in [9.17, 15) is 22.9 Å². The molecule has 1 aliphatic heterocycles. The van der Waals surface area contributed by atoms with Crippen LogP contribution in [0.2, 0.25) is 0 Å². The molecule has 1 aliphatic rings. The van der Waals surface area contributed by atoms with Crippen molar-refractivity contribution in [1.82, 2.24) is 0 Å². The Labute approximate surface area is 154 Å². The number of carbonyl (C=O) groups excluding carboxylic acids is 1. The van der Waals surface area contributed by atoms with E-state index in [0.717, 1.165) is 0 Å². The summed E-state index contributed by atoms with van der Waals surface area (Å²) in [5.41, 5.74) is 1.69. The highest BCUT2D eigenvalue weighted by Gasteiger charge is 2.26. The second-order valence-corrected chi connectivity index (χ2v) is 8.16. The van der Waals surface area contributed by atoms with Gasteiger partial charge in [-0.1, -0.05) is 0 Å². The molecule has 2 aromatic carbocycles. The van der Waals surface area contributed by atoms with E-state index in [1.165, 1.54) is 18.2 Å². The molecule has 0 spiro atoms. The van der Waals surface area contributed by atoms with Crippen LogP contribution in [-0.2, 0) is 14.9 Å². The normalized spacial score (nSPS) is 15.5. The van der Waals surface area contributed by atoms with Crippen LogP contribution < -0.4 is 5.32 Å². The van der Waals surface area contributed by atoms with Gasteiger partial charge < -0.3 is 10.4 Å². The van der Waals surface area contributed by atoms with Gasteiger partial charge in [-0.15, -0.1) is 0 Å². The summed E-state index contributed by atoms with van der Waals surface area (Å²) in [6, 6.07) is 7.10. The maximum Gasteiger partial charge on any atom is 0.294 e. The molecule has 124 valence electrons. The minimum absolute atomic E-state index is 0.0297. The fourth-order valence-electron chi connectivity index (χ4n) is 2.31. The SMILES string of the molecule is O=C1Nc2ccc(S(=O)(=O)O)cc2C1=Cc1cc(Br)c(O)c(Br)c1. The highest BCUT2D eigenvalue weighted by Crippen LogP contribution is 2.37. The van der Waals surface area contributed by atoms with Crippen molar-refractivity contribution in [3.05, 3.63) is 50.4 Å². The molecular weight excluding hydrogens is 466 g/mol. The van der Waals surface area contributed by atoms with Crippen LogP contribution >= 0.6 is 31.9 Å². The first-order chi connectivity index (χ1) is 11.2. The van der Waals surface area contributed by atoms with Gasteiger partial charge in [0, 0.05) is 16.8 Å². The van der Waals surface area contributed by atoms with Gasteiger partial charge in [0.25, 0.3) is 16.0 Å². The third-order valence-electron chi connectivity index (χ3n) is 3.42. The van der Waals surface area contributed by atoms with Crippen molar-refractivity contribution in [1.29, 1.82) is 0 Å². The van der Waals surface area contributed by atoms with Gasteiger partial charge in [-0.3, -0.25) is 9.35 Å². The summed E-state index contributed by atoms with van der Waals surface area (Å²) in [4.78, 5) is 11.9. The van der Waals surface area contributed by atoms with Crippen molar-refractivity contribution < 1.29 is 22.9 Å². The highest BCUT2D eigenvalue weighted by molar-refractivity contribution is 9.11. The third-order valence-corrected chi connectivity index (χ3v) is 5.48. The average molecular weight is 475 g/mol. The molecular formula is C15H9Br2NO5S. The summed E-state index contributed by atoms with van der Waals surface area (Å²) < 4.78 is 32.6. The van der Waals surface area contributed by atoms with Crippen LogP contribution in [0.4, 0.5) is 5.69 Å². The van der Waals surface area contributed by atoms with Gasteiger partial charge in [0.2, 0.25) is 0 Å². The van der Waals surface area contributed by atoms with Crippen LogP contribution in [0.15, 0.2) is 44.2 Å². The van der Waals surface area contributed by atoms with E-state index in [0.29, 0.717) is 25.8 Å². The van der Waals surface area contributed by atoms with E-state index in [1.54, 1.807) is 18.2 Å². The summed E-state index contributed by atoms with van der Waals surface area (Å²) in [5.74, 6) is -0.361. The van der Waals surface area contributed by atoms with E-state index in [1.807, 2.05) is 0 Å². The van der Waals surface area contributed by atoms with Crippen molar-refractivity contribution in [2.75, 3.05) is 5.32 Å². The Morgan fingerprint density at radius 3 is 2.29 bits per heavy atom. The van der Waals surface area contributed by atoms with Crippen molar-refractivity contribution in [2.24, 2.45) is 0 Å². The lowest BCUT2D eigenvalue weighted by Crippen LogP contribution is -2.03. The molecule has 0 aromatic heterocycles. The zero-order valence-corrected chi connectivity index (χ0v) is 15.7. The van der Waals surface area contributed by atoms with Gasteiger partial charge in [-0.25, -0.2) is 0 Å². The Morgan fingerprint density at radius 1 is 1.08 bits per heavy atom. The number of fused-ring (bicyclic) bond motifs is 1. The zero-order chi connectivity index (χ0) is 17.6. The van der Waals surface area contributed by atoms with Gasteiger partial charge in [0.05, 0.1) is 13.8 Å². The molecule has 1 amide bonds. The third kappa shape index (κ3) is 3.12. The van der Waals surface area contributed by atoms with E-state index in [-0.39, 0.29) is 16.2 Å². The second-order valence-electron chi connectivity index (χ2n) is 5.03. The zero-order valence-electron chi connectivity index (χ0n) is 11.7. The number of rotatable bonds is 2. The molecule has 0 unspecified atom stereocenters. The van der Waals surface area contributed by atoms with Crippen LogP contribution in [0, 0.1) is 0 Å². The van der Waals surface area contributed by atoms with Gasteiger partial charge in [-0.05, 0) is 73.8 Å². The Balaban J connectivity index is 2.16. The first-order valence-corrected chi connectivity index (χ1v) is 9.52. The summed E-state index contributed by atoms with van der Waals surface area (Å²) in [6.45, 7) is 0. The van der Waals surface area contributed by atoms with Crippen LogP contribution in [0.3, 0.4) is 0 Å². The number of hydrogen-bond donors (Lipinski definition) is 3. The molecule has 9 heteroatoms. The number of benzene rings is 2. The number of phenolic OH excluding ortho intramolecular Hbond substituents is 1. The molecule has 0 radical (unpaired) electrons. The molecule has 0 fully saturated rings. The number of halogens is 2. The molecule has 24 heavy (non-hydrogen) atoms. The molecule has 0 aliphatic carbocycles. The number of hydrogen-bond acceptors (Lipinski definition) is 4. The maximum atomic E-state index is 12.2. The lowest BCUT2D eigenvalue weighted by Gasteiger charge is -2.04. The van der Waals surface area contributed by atoms with Gasteiger partial charge in [0.1, 0.15) is 5.75 Å². The summed E-state index contributed by atoms with van der Waals surface area (Å²) in [6.07, 6.45) is 1.56. The fourth-order valence-corrected chi connectivity index (χ4v) is 4.03. The summed E-state index contributed by atoms with van der Waals surface area (Å²) in [7, 11) is -4.37. The Bertz CT molecular complexity index is 992. The van der Waals surface area contributed by atoms with Crippen molar-refractivity contribution in [3.8, 4) is 5.75 Å². The van der Waals surface area contributed by atoms with Crippen LogP contribution in [0.1, 0.15) is 11.1 Å². The standard InChI is InChI=1S/C15H9Br2NO5S/c16-11-4-7(5-12(17)14(11)19)3-10-9-6-8(24(21,22)23)1-2-13(9)18-15(10)20/h1-6,19H,(H,18,20)(H,21,22,23). The molecule has 0 saturated heterocycles. The van der Waals surface area contributed by atoms with Crippen molar-refractivity contribution >= 4 is 65.2 Å². The van der Waals surface area contributed by atoms with Gasteiger partial charge >= 0.3 is 0 Å².